The monoisotopic (exact) mass is 267 g/mol. The van der Waals surface area contributed by atoms with Crippen LogP contribution in [0, 0.1) is 0 Å². The van der Waals surface area contributed by atoms with Gasteiger partial charge in [-0.25, -0.2) is 0 Å². The summed E-state index contributed by atoms with van der Waals surface area (Å²) in [6.45, 7) is 3.66. The van der Waals surface area contributed by atoms with Crippen LogP contribution >= 0.6 is 0 Å². The summed E-state index contributed by atoms with van der Waals surface area (Å²) in [5, 5.41) is 3.75. The number of hydrogen-bond acceptors (Lipinski definition) is 3. The smallest absolute Gasteiger partial charge is 0.0327 e. The number of likely N-dealkylation sites (tertiary alicyclic amines) is 1. The highest BCUT2D eigenvalue weighted by atomic mass is 15.2. The molecule has 1 atom stereocenters. The molecule has 0 aromatic rings. The van der Waals surface area contributed by atoms with Crippen molar-refractivity contribution in [3.05, 3.63) is 0 Å². The highest BCUT2D eigenvalue weighted by Crippen LogP contribution is 2.33. The van der Waals surface area contributed by atoms with Crippen molar-refractivity contribution in [3.63, 3.8) is 0 Å². The fraction of sp³-hybridized carbons (Fsp3) is 1.00. The van der Waals surface area contributed by atoms with Crippen molar-refractivity contribution in [2.75, 3.05) is 40.8 Å². The number of rotatable bonds is 6. The zero-order chi connectivity index (χ0) is 13.7. The molecule has 1 aliphatic carbocycles. The van der Waals surface area contributed by atoms with Gasteiger partial charge in [0.2, 0.25) is 0 Å². The maximum Gasteiger partial charge on any atom is 0.0327 e. The van der Waals surface area contributed by atoms with Gasteiger partial charge in [-0.15, -0.1) is 0 Å². The van der Waals surface area contributed by atoms with E-state index in [0.29, 0.717) is 5.54 Å². The van der Waals surface area contributed by atoms with E-state index in [4.69, 9.17) is 0 Å². The van der Waals surface area contributed by atoms with Crippen LogP contribution in [-0.2, 0) is 0 Å². The summed E-state index contributed by atoms with van der Waals surface area (Å²) in [6, 6.07) is 0.820. The van der Waals surface area contributed by atoms with Crippen molar-refractivity contribution >= 4 is 0 Å². The maximum atomic E-state index is 3.75. The predicted octanol–water partition coefficient (Wildman–Crippen LogP) is 2.32. The molecule has 1 saturated heterocycles. The minimum Gasteiger partial charge on any atom is -0.315 e. The number of piperidine rings is 1. The second-order valence-corrected chi connectivity index (χ2v) is 6.92. The summed E-state index contributed by atoms with van der Waals surface area (Å²) in [6.07, 6.45) is 11.1. The third-order valence-electron chi connectivity index (χ3n) is 5.51. The Morgan fingerprint density at radius 2 is 1.89 bits per heavy atom. The number of hydrogen-bond donors (Lipinski definition) is 1. The predicted molar refractivity (Wildman–Crippen MR) is 82.6 cm³/mol. The second kappa shape index (κ2) is 7.05. The first kappa shape index (κ1) is 15.3. The molecule has 1 aliphatic heterocycles. The second-order valence-electron chi connectivity index (χ2n) is 6.92. The highest BCUT2D eigenvalue weighted by Gasteiger charge is 2.35. The zero-order valence-electron chi connectivity index (χ0n) is 13.2. The van der Waals surface area contributed by atoms with Gasteiger partial charge >= 0.3 is 0 Å². The van der Waals surface area contributed by atoms with E-state index in [9.17, 15) is 0 Å². The first-order valence-corrected chi connectivity index (χ1v) is 8.22. The van der Waals surface area contributed by atoms with Crippen LogP contribution in [0.4, 0.5) is 0 Å². The van der Waals surface area contributed by atoms with E-state index in [-0.39, 0.29) is 0 Å². The van der Waals surface area contributed by atoms with Gasteiger partial charge in [0, 0.05) is 18.1 Å². The van der Waals surface area contributed by atoms with Gasteiger partial charge in [-0.3, -0.25) is 0 Å². The molecule has 112 valence electrons. The molecule has 0 spiro atoms. The molecule has 0 radical (unpaired) electrons. The molecule has 3 nitrogen and oxygen atoms in total. The summed E-state index contributed by atoms with van der Waals surface area (Å²) < 4.78 is 0. The van der Waals surface area contributed by atoms with Gasteiger partial charge in [-0.1, -0.05) is 19.3 Å². The number of likely N-dealkylation sites (N-methyl/N-ethyl adjacent to an activating group) is 1. The van der Waals surface area contributed by atoms with E-state index in [0.717, 1.165) is 6.04 Å². The van der Waals surface area contributed by atoms with Gasteiger partial charge in [0.15, 0.2) is 0 Å². The third kappa shape index (κ3) is 3.93. The fourth-order valence-corrected chi connectivity index (χ4v) is 3.91. The van der Waals surface area contributed by atoms with Crippen LogP contribution in [0.5, 0.6) is 0 Å². The minimum absolute atomic E-state index is 0.443. The summed E-state index contributed by atoms with van der Waals surface area (Å²) in [7, 11) is 6.80. The third-order valence-corrected chi connectivity index (χ3v) is 5.51. The van der Waals surface area contributed by atoms with Gasteiger partial charge in [0.25, 0.3) is 0 Å². The summed E-state index contributed by atoms with van der Waals surface area (Å²) in [4.78, 5) is 5.02. The normalized spacial score (nSPS) is 28.1. The Hall–Kier alpha value is -0.120. The van der Waals surface area contributed by atoms with Crippen LogP contribution in [0.2, 0.25) is 0 Å². The van der Waals surface area contributed by atoms with E-state index in [1.807, 2.05) is 0 Å². The Morgan fingerprint density at radius 3 is 2.53 bits per heavy atom. The van der Waals surface area contributed by atoms with Crippen molar-refractivity contribution in [2.45, 2.75) is 62.9 Å². The van der Waals surface area contributed by atoms with Crippen molar-refractivity contribution in [2.24, 2.45) is 0 Å². The van der Waals surface area contributed by atoms with Gasteiger partial charge in [0.1, 0.15) is 0 Å². The lowest BCUT2D eigenvalue weighted by Gasteiger charge is -2.37. The first-order chi connectivity index (χ1) is 9.14. The van der Waals surface area contributed by atoms with Crippen molar-refractivity contribution in [1.82, 2.24) is 15.1 Å². The molecule has 2 fully saturated rings. The Labute approximate surface area is 119 Å². The summed E-state index contributed by atoms with van der Waals surface area (Å²) in [5.41, 5.74) is 0.443. The molecule has 1 N–H and O–H groups in total. The molecule has 0 amide bonds. The average molecular weight is 267 g/mol. The van der Waals surface area contributed by atoms with E-state index in [2.05, 4.69) is 36.3 Å². The van der Waals surface area contributed by atoms with Gasteiger partial charge in [-0.2, -0.15) is 0 Å². The molecule has 1 unspecified atom stereocenters. The maximum absolute atomic E-state index is 3.75. The Bertz CT molecular complexity index is 259. The van der Waals surface area contributed by atoms with E-state index < -0.39 is 0 Å². The lowest BCUT2D eigenvalue weighted by molar-refractivity contribution is 0.147. The lowest BCUT2D eigenvalue weighted by atomic mass is 9.95. The molecule has 1 saturated carbocycles. The van der Waals surface area contributed by atoms with E-state index in [1.165, 1.54) is 71.0 Å². The van der Waals surface area contributed by atoms with Crippen molar-refractivity contribution in [3.8, 4) is 0 Å². The molecule has 0 aromatic heterocycles. The molecule has 2 aliphatic rings. The van der Waals surface area contributed by atoms with Crippen LogP contribution in [-0.4, -0.2) is 62.2 Å². The number of nitrogens with one attached hydrogen (secondary N) is 1. The van der Waals surface area contributed by atoms with Crippen LogP contribution < -0.4 is 5.32 Å². The zero-order valence-corrected chi connectivity index (χ0v) is 13.2. The van der Waals surface area contributed by atoms with Gasteiger partial charge in [-0.05, 0) is 66.3 Å². The Morgan fingerprint density at radius 1 is 1.16 bits per heavy atom. The Kier molecular flexibility index (Phi) is 5.67. The molecule has 2 rings (SSSR count). The van der Waals surface area contributed by atoms with Gasteiger partial charge in [0.05, 0.1) is 0 Å². The summed E-state index contributed by atoms with van der Waals surface area (Å²) >= 11 is 0. The summed E-state index contributed by atoms with van der Waals surface area (Å²) in [5.74, 6) is 0. The SMILES string of the molecule is CN1CCCCC1CCNCC1(N(C)C)CCCC1. The van der Waals surface area contributed by atoms with E-state index in [1.54, 1.807) is 0 Å². The quantitative estimate of drug-likeness (QED) is 0.745. The molecule has 3 heteroatoms. The molecule has 0 aromatic carbocycles. The standard InChI is InChI=1S/C16H33N3/c1-18(2)16(10-5-6-11-16)14-17-12-9-15-8-4-7-13-19(15)3/h15,17H,4-14H2,1-3H3. The van der Waals surface area contributed by atoms with Gasteiger partial charge < -0.3 is 15.1 Å². The fourth-order valence-electron chi connectivity index (χ4n) is 3.91. The van der Waals surface area contributed by atoms with Crippen LogP contribution in [0.25, 0.3) is 0 Å². The molecule has 0 bridgehead atoms. The van der Waals surface area contributed by atoms with Crippen LogP contribution in [0.1, 0.15) is 51.4 Å². The van der Waals surface area contributed by atoms with Crippen LogP contribution in [0.15, 0.2) is 0 Å². The Balaban J connectivity index is 1.68. The van der Waals surface area contributed by atoms with E-state index >= 15 is 0 Å². The topological polar surface area (TPSA) is 18.5 Å². The highest BCUT2D eigenvalue weighted by molar-refractivity contribution is 4.94. The molecular formula is C16H33N3. The van der Waals surface area contributed by atoms with Crippen molar-refractivity contribution < 1.29 is 0 Å². The number of nitrogens with zero attached hydrogens (tertiary/aromatic N) is 2. The first-order valence-electron chi connectivity index (χ1n) is 8.22. The average Bonchev–Trinajstić information content (AvgIpc) is 2.87. The van der Waals surface area contributed by atoms with Crippen molar-refractivity contribution in [1.29, 1.82) is 0 Å². The molecule has 19 heavy (non-hydrogen) atoms. The largest absolute Gasteiger partial charge is 0.315 e. The minimum atomic E-state index is 0.443. The molecule has 1 heterocycles. The lowest BCUT2D eigenvalue weighted by Crippen LogP contribution is -2.50. The molecular weight excluding hydrogens is 234 g/mol. The van der Waals surface area contributed by atoms with Crippen LogP contribution in [0.3, 0.4) is 0 Å².